The Morgan fingerprint density at radius 3 is 2.21 bits per heavy atom. The number of carbonyl (C=O) groups is 1. The molecule has 0 N–H and O–H groups in total. The van der Waals surface area contributed by atoms with Crippen molar-refractivity contribution in [1.29, 1.82) is 0 Å². The van der Waals surface area contributed by atoms with Crippen molar-refractivity contribution in [2.75, 3.05) is 7.11 Å². The smallest absolute Gasteiger partial charge is 0.197 e. The van der Waals surface area contributed by atoms with Crippen LogP contribution < -0.4 is 4.74 Å². The Hall–Kier alpha value is -0.650. The van der Waals surface area contributed by atoms with E-state index in [-0.39, 0.29) is 5.78 Å². The van der Waals surface area contributed by atoms with Crippen LogP contribution in [0.5, 0.6) is 5.75 Å². The van der Waals surface area contributed by atoms with Crippen molar-refractivity contribution in [2.45, 2.75) is 0 Å². The summed E-state index contributed by atoms with van der Waals surface area (Å²) >= 11 is 10.1. The molecule has 2 aromatic rings. The summed E-state index contributed by atoms with van der Waals surface area (Å²) in [6, 6.07) is 10.8. The van der Waals surface area contributed by atoms with E-state index in [1.165, 1.54) is 0 Å². The lowest BCUT2D eigenvalue weighted by molar-refractivity contribution is 0.103. The van der Waals surface area contributed by atoms with Gasteiger partial charge in [-0.25, -0.2) is 0 Å². The minimum Gasteiger partial charge on any atom is -0.496 e. The van der Waals surface area contributed by atoms with Crippen LogP contribution in [0.15, 0.2) is 49.8 Å². The molecule has 0 aliphatic heterocycles. The summed E-state index contributed by atoms with van der Waals surface area (Å²) in [5, 5.41) is 0. The second-order valence-corrected chi connectivity index (χ2v) is 6.48. The lowest BCUT2D eigenvalue weighted by Crippen LogP contribution is -2.05. The van der Waals surface area contributed by atoms with Crippen molar-refractivity contribution in [3.05, 3.63) is 60.9 Å². The van der Waals surface area contributed by atoms with Crippen LogP contribution in [0.25, 0.3) is 0 Å². The first kappa shape index (κ1) is 14.8. The van der Waals surface area contributed by atoms with Gasteiger partial charge in [-0.05, 0) is 52.3 Å². The first-order valence-corrected chi connectivity index (χ1v) is 7.74. The predicted molar refractivity (Wildman–Crippen MR) is 86.0 cm³/mol. The average molecular weight is 449 g/mol. The lowest BCUT2D eigenvalue weighted by atomic mass is 10.0. The fourth-order valence-electron chi connectivity index (χ4n) is 1.68. The van der Waals surface area contributed by atoms with Crippen LogP contribution in [0.1, 0.15) is 15.9 Å². The molecule has 0 heterocycles. The number of methoxy groups -OCH3 is 1. The van der Waals surface area contributed by atoms with Crippen molar-refractivity contribution in [1.82, 2.24) is 0 Å². The number of hydrogen-bond acceptors (Lipinski definition) is 2. The highest BCUT2D eigenvalue weighted by Gasteiger charge is 2.17. The molecule has 2 nitrogen and oxygen atoms in total. The van der Waals surface area contributed by atoms with Crippen molar-refractivity contribution in [3.63, 3.8) is 0 Å². The van der Waals surface area contributed by atoms with E-state index in [0.717, 1.165) is 13.4 Å². The van der Waals surface area contributed by atoms with Crippen molar-refractivity contribution >= 4 is 53.6 Å². The van der Waals surface area contributed by atoms with Crippen LogP contribution in [0.4, 0.5) is 0 Å². The maximum Gasteiger partial charge on any atom is 0.197 e. The Kier molecular flexibility index (Phi) is 4.81. The third-order valence-electron chi connectivity index (χ3n) is 2.58. The van der Waals surface area contributed by atoms with Gasteiger partial charge in [0, 0.05) is 19.0 Å². The molecule has 0 fully saturated rings. The molecule has 0 aliphatic carbocycles. The maximum atomic E-state index is 12.6. The van der Waals surface area contributed by atoms with Crippen LogP contribution in [0.3, 0.4) is 0 Å². The van der Waals surface area contributed by atoms with E-state index < -0.39 is 0 Å². The van der Waals surface area contributed by atoms with Gasteiger partial charge in [0.25, 0.3) is 0 Å². The fourth-order valence-corrected chi connectivity index (χ4v) is 3.26. The quantitative estimate of drug-likeness (QED) is 0.602. The van der Waals surface area contributed by atoms with Gasteiger partial charge in [-0.3, -0.25) is 4.79 Å². The molecule has 2 rings (SSSR count). The standard InChI is InChI=1S/C14H9Br3O2/c1-19-13-5-3-8(15)6-11(13)14(18)10-4-2-9(16)7-12(10)17/h2-7H,1H3. The molecule has 0 amide bonds. The minimum atomic E-state index is -0.0856. The van der Waals surface area contributed by atoms with Gasteiger partial charge >= 0.3 is 0 Å². The molecule has 2 aromatic carbocycles. The number of rotatable bonds is 3. The molecular weight excluding hydrogens is 440 g/mol. The van der Waals surface area contributed by atoms with Crippen LogP contribution in [0.2, 0.25) is 0 Å². The summed E-state index contributed by atoms with van der Waals surface area (Å²) in [6.07, 6.45) is 0. The second kappa shape index (κ2) is 6.20. The highest BCUT2D eigenvalue weighted by molar-refractivity contribution is 9.11. The molecule has 0 radical (unpaired) electrons. The number of halogens is 3. The molecule has 98 valence electrons. The molecule has 0 spiro atoms. The van der Waals surface area contributed by atoms with Crippen LogP contribution in [-0.4, -0.2) is 12.9 Å². The van der Waals surface area contributed by atoms with Crippen LogP contribution in [0, 0.1) is 0 Å². The van der Waals surface area contributed by atoms with Gasteiger partial charge in [0.05, 0.1) is 12.7 Å². The molecule has 0 saturated carbocycles. The molecular formula is C14H9Br3O2. The van der Waals surface area contributed by atoms with Gasteiger partial charge in [-0.2, -0.15) is 0 Å². The first-order valence-electron chi connectivity index (χ1n) is 5.36. The van der Waals surface area contributed by atoms with Gasteiger partial charge in [-0.1, -0.05) is 31.9 Å². The monoisotopic (exact) mass is 446 g/mol. The number of ether oxygens (including phenoxy) is 1. The maximum absolute atomic E-state index is 12.6. The SMILES string of the molecule is COc1ccc(Br)cc1C(=O)c1ccc(Br)cc1Br. The predicted octanol–water partition coefficient (Wildman–Crippen LogP) is 5.21. The average Bonchev–Trinajstić information content (AvgIpc) is 2.38. The Labute approximate surface area is 136 Å². The summed E-state index contributed by atoms with van der Waals surface area (Å²) in [7, 11) is 1.55. The Bertz CT molecular complexity index is 639. The third kappa shape index (κ3) is 3.27. The van der Waals surface area contributed by atoms with Gasteiger partial charge in [0.1, 0.15) is 5.75 Å². The van der Waals surface area contributed by atoms with E-state index >= 15 is 0 Å². The number of benzene rings is 2. The molecule has 5 heteroatoms. The van der Waals surface area contributed by atoms with E-state index in [1.807, 2.05) is 18.2 Å². The molecule has 0 unspecified atom stereocenters. The molecule has 0 atom stereocenters. The summed E-state index contributed by atoms with van der Waals surface area (Å²) in [4.78, 5) is 12.6. The van der Waals surface area contributed by atoms with Gasteiger partial charge in [-0.15, -0.1) is 0 Å². The summed E-state index contributed by atoms with van der Waals surface area (Å²) in [5.41, 5.74) is 1.12. The molecule has 0 aliphatic rings. The van der Waals surface area contributed by atoms with Crippen LogP contribution in [-0.2, 0) is 0 Å². The van der Waals surface area contributed by atoms with Crippen molar-refractivity contribution < 1.29 is 9.53 Å². The number of ketones is 1. The van der Waals surface area contributed by atoms with E-state index in [4.69, 9.17) is 4.74 Å². The Morgan fingerprint density at radius 1 is 0.947 bits per heavy atom. The summed E-state index contributed by atoms with van der Waals surface area (Å²) in [5.74, 6) is 0.473. The number of hydrogen-bond donors (Lipinski definition) is 0. The highest BCUT2D eigenvalue weighted by Crippen LogP contribution is 2.29. The molecule has 0 bridgehead atoms. The van der Waals surface area contributed by atoms with Gasteiger partial charge in [0.15, 0.2) is 5.78 Å². The lowest BCUT2D eigenvalue weighted by Gasteiger charge is -2.09. The van der Waals surface area contributed by atoms with E-state index in [2.05, 4.69) is 47.8 Å². The highest BCUT2D eigenvalue weighted by atomic mass is 79.9. The largest absolute Gasteiger partial charge is 0.496 e. The van der Waals surface area contributed by atoms with Gasteiger partial charge in [0.2, 0.25) is 0 Å². The van der Waals surface area contributed by atoms with E-state index in [1.54, 1.807) is 25.3 Å². The van der Waals surface area contributed by atoms with Gasteiger partial charge < -0.3 is 4.74 Å². The summed E-state index contributed by atoms with van der Waals surface area (Å²) in [6.45, 7) is 0. The Balaban J connectivity index is 2.52. The molecule has 0 aromatic heterocycles. The van der Waals surface area contributed by atoms with E-state index in [9.17, 15) is 4.79 Å². The first-order chi connectivity index (χ1) is 9.02. The zero-order chi connectivity index (χ0) is 14.0. The minimum absolute atomic E-state index is 0.0856. The third-order valence-corrected chi connectivity index (χ3v) is 4.22. The number of carbonyl (C=O) groups excluding carboxylic acids is 1. The fraction of sp³-hybridized carbons (Fsp3) is 0.0714. The van der Waals surface area contributed by atoms with Crippen molar-refractivity contribution in [2.24, 2.45) is 0 Å². The zero-order valence-electron chi connectivity index (χ0n) is 9.91. The zero-order valence-corrected chi connectivity index (χ0v) is 14.7. The second-order valence-electron chi connectivity index (χ2n) is 3.80. The Morgan fingerprint density at radius 2 is 1.58 bits per heavy atom. The molecule has 19 heavy (non-hydrogen) atoms. The van der Waals surface area contributed by atoms with Crippen molar-refractivity contribution in [3.8, 4) is 5.75 Å². The van der Waals surface area contributed by atoms with Crippen LogP contribution >= 0.6 is 47.8 Å². The topological polar surface area (TPSA) is 26.3 Å². The normalized spacial score (nSPS) is 10.3. The summed E-state index contributed by atoms with van der Waals surface area (Å²) < 4.78 is 7.74. The molecule has 0 saturated heterocycles. The van der Waals surface area contributed by atoms with E-state index in [0.29, 0.717) is 16.9 Å².